The molecule has 1 aliphatic heterocycles. The Hall–Kier alpha value is -3.33. The number of anilines is 1. The van der Waals surface area contributed by atoms with Gasteiger partial charge in [-0.15, -0.1) is 0 Å². The molecule has 1 fully saturated rings. The molecule has 0 unspecified atom stereocenters. The number of likely N-dealkylation sites (N-methyl/N-ethyl adjacent to an activating group) is 1. The summed E-state index contributed by atoms with van der Waals surface area (Å²) in [6.45, 7) is 3.66. The first-order valence-electron chi connectivity index (χ1n) is 10.2. The second kappa shape index (κ2) is 8.43. The van der Waals surface area contributed by atoms with Gasteiger partial charge in [0.15, 0.2) is 5.82 Å². The van der Waals surface area contributed by atoms with E-state index in [9.17, 15) is 14.0 Å². The zero-order chi connectivity index (χ0) is 22.1. The molecule has 4 rings (SSSR count). The minimum atomic E-state index is -0.423. The summed E-state index contributed by atoms with van der Waals surface area (Å²) in [7, 11) is 3.57. The molecule has 1 saturated heterocycles. The van der Waals surface area contributed by atoms with Gasteiger partial charge in [-0.25, -0.2) is 14.4 Å². The number of likely N-dealkylation sites (tertiary alicyclic amines) is 1. The Morgan fingerprint density at radius 2 is 2.16 bits per heavy atom. The van der Waals surface area contributed by atoms with Crippen molar-refractivity contribution in [1.82, 2.24) is 25.2 Å². The van der Waals surface area contributed by atoms with Gasteiger partial charge in [-0.3, -0.25) is 14.5 Å². The van der Waals surface area contributed by atoms with Crippen LogP contribution in [-0.2, 0) is 6.54 Å². The van der Waals surface area contributed by atoms with Crippen molar-refractivity contribution >= 4 is 22.6 Å². The maximum absolute atomic E-state index is 15.0. The van der Waals surface area contributed by atoms with E-state index in [1.165, 1.54) is 0 Å². The minimum absolute atomic E-state index is 0.156. The Bertz CT molecular complexity index is 1180. The average molecular weight is 424 g/mol. The number of carbonyl (C=O) groups excluding carboxylic acids is 1. The van der Waals surface area contributed by atoms with Crippen molar-refractivity contribution < 1.29 is 9.18 Å². The number of halogens is 1. The average Bonchev–Trinajstić information content (AvgIpc) is 3.25. The molecule has 0 saturated carbocycles. The van der Waals surface area contributed by atoms with Crippen LogP contribution < -0.4 is 15.8 Å². The molecule has 3 aromatic rings. The van der Waals surface area contributed by atoms with Crippen molar-refractivity contribution in [3.05, 3.63) is 63.6 Å². The number of nitrogens with zero attached hydrogens (tertiary/aromatic N) is 4. The molecule has 31 heavy (non-hydrogen) atoms. The number of carbonyl (C=O) groups is 1. The highest BCUT2D eigenvalue weighted by Crippen LogP contribution is 2.24. The Kier molecular flexibility index (Phi) is 5.69. The Morgan fingerprint density at radius 1 is 1.35 bits per heavy atom. The SMILES string of the molecule is CNC(=O)c1ccc(N(C)[C@@H]2CCN(Cc3ccc4nc(C)c(=O)[nH]c4c3F)C2)cn1. The van der Waals surface area contributed by atoms with E-state index in [2.05, 4.69) is 30.1 Å². The molecule has 162 valence electrons. The standard InChI is InChI=1S/C22H25FN6O2/c1-13-21(30)27-20-17(26-13)6-4-14(19(20)23)11-29-9-8-16(12-29)28(3)15-5-7-18(25-10-15)22(31)24-2/h4-7,10,16H,8-9,11-12H2,1-3H3,(H,24,31)(H,27,30)/t16-/m1/s1. The fourth-order valence-corrected chi connectivity index (χ4v) is 3.96. The summed E-state index contributed by atoms with van der Waals surface area (Å²) in [5, 5.41) is 2.56. The topological polar surface area (TPSA) is 94.2 Å². The molecular formula is C22H25FN6O2. The van der Waals surface area contributed by atoms with E-state index in [0.29, 0.717) is 29.0 Å². The number of hydrogen-bond acceptors (Lipinski definition) is 6. The smallest absolute Gasteiger partial charge is 0.269 e. The van der Waals surface area contributed by atoms with Gasteiger partial charge in [-0.2, -0.15) is 0 Å². The van der Waals surface area contributed by atoms with Crippen LogP contribution in [0.15, 0.2) is 35.3 Å². The highest BCUT2D eigenvalue weighted by atomic mass is 19.1. The van der Waals surface area contributed by atoms with Crippen LogP contribution in [0.25, 0.3) is 11.0 Å². The van der Waals surface area contributed by atoms with E-state index in [1.807, 2.05) is 13.1 Å². The summed E-state index contributed by atoms with van der Waals surface area (Å²) in [5.41, 5.74) is 2.39. The van der Waals surface area contributed by atoms with Gasteiger partial charge < -0.3 is 15.2 Å². The molecule has 1 atom stereocenters. The monoisotopic (exact) mass is 424 g/mol. The van der Waals surface area contributed by atoms with Crippen molar-refractivity contribution in [3.8, 4) is 0 Å². The lowest BCUT2D eigenvalue weighted by molar-refractivity contribution is 0.0958. The van der Waals surface area contributed by atoms with E-state index in [-0.39, 0.29) is 23.0 Å². The molecular weight excluding hydrogens is 399 g/mol. The molecule has 1 aliphatic rings. The molecule has 0 aliphatic carbocycles. The maximum atomic E-state index is 15.0. The van der Waals surface area contributed by atoms with Crippen molar-refractivity contribution in [2.75, 3.05) is 32.1 Å². The van der Waals surface area contributed by atoms with Crippen LogP contribution in [0.1, 0.15) is 28.2 Å². The van der Waals surface area contributed by atoms with Crippen molar-refractivity contribution in [3.63, 3.8) is 0 Å². The van der Waals surface area contributed by atoms with Crippen molar-refractivity contribution in [1.29, 1.82) is 0 Å². The second-order valence-corrected chi connectivity index (χ2v) is 7.85. The van der Waals surface area contributed by atoms with Gasteiger partial charge in [0.25, 0.3) is 11.5 Å². The number of benzene rings is 1. The van der Waals surface area contributed by atoms with Crippen LogP contribution >= 0.6 is 0 Å². The lowest BCUT2D eigenvalue weighted by Gasteiger charge is -2.27. The quantitative estimate of drug-likeness (QED) is 0.649. The summed E-state index contributed by atoms with van der Waals surface area (Å²) in [4.78, 5) is 38.8. The first kappa shape index (κ1) is 20.9. The maximum Gasteiger partial charge on any atom is 0.269 e. The number of pyridine rings is 1. The van der Waals surface area contributed by atoms with Crippen LogP contribution in [0.4, 0.5) is 10.1 Å². The first-order valence-corrected chi connectivity index (χ1v) is 10.2. The normalized spacial score (nSPS) is 16.6. The number of fused-ring (bicyclic) bond motifs is 1. The summed E-state index contributed by atoms with van der Waals surface area (Å²) in [6, 6.07) is 7.32. The molecule has 0 spiro atoms. The highest BCUT2D eigenvalue weighted by molar-refractivity contribution is 5.92. The van der Waals surface area contributed by atoms with Crippen LogP contribution in [-0.4, -0.2) is 59.0 Å². The third kappa shape index (κ3) is 4.13. The number of aromatic nitrogens is 3. The zero-order valence-electron chi connectivity index (χ0n) is 17.8. The van der Waals surface area contributed by atoms with Gasteiger partial charge in [-0.1, -0.05) is 6.07 Å². The highest BCUT2D eigenvalue weighted by Gasteiger charge is 2.27. The largest absolute Gasteiger partial charge is 0.369 e. The summed E-state index contributed by atoms with van der Waals surface area (Å²) in [5.74, 6) is -0.641. The summed E-state index contributed by atoms with van der Waals surface area (Å²) >= 11 is 0. The van der Waals surface area contributed by atoms with Gasteiger partial charge in [0, 0.05) is 45.3 Å². The van der Waals surface area contributed by atoms with E-state index in [1.54, 1.807) is 38.4 Å². The molecule has 1 aromatic carbocycles. The number of amides is 1. The third-order valence-corrected chi connectivity index (χ3v) is 5.86. The number of aryl methyl sites for hydroxylation is 1. The van der Waals surface area contributed by atoms with E-state index < -0.39 is 5.82 Å². The van der Waals surface area contributed by atoms with Gasteiger partial charge in [0.05, 0.1) is 17.4 Å². The summed E-state index contributed by atoms with van der Waals surface area (Å²) in [6.07, 6.45) is 2.63. The van der Waals surface area contributed by atoms with Crippen LogP contribution in [0.3, 0.4) is 0 Å². The number of aromatic amines is 1. The first-order chi connectivity index (χ1) is 14.9. The predicted molar refractivity (Wildman–Crippen MR) is 117 cm³/mol. The lowest BCUT2D eigenvalue weighted by Crippen LogP contribution is -2.34. The molecule has 2 aromatic heterocycles. The van der Waals surface area contributed by atoms with Crippen molar-refractivity contribution in [2.45, 2.75) is 25.9 Å². The van der Waals surface area contributed by atoms with E-state index in [4.69, 9.17) is 0 Å². The predicted octanol–water partition coefficient (Wildman–Crippen LogP) is 1.84. The number of nitrogens with one attached hydrogen (secondary N) is 2. The van der Waals surface area contributed by atoms with Crippen LogP contribution in [0.5, 0.6) is 0 Å². The lowest BCUT2D eigenvalue weighted by atomic mass is 10.1. The van der Waals surface area contributed by atoms with Crippen LogP contribution in [0.2, 0.25) is 0 Å². The number of H-pyrrole nitrogens is 1. The molecule has 8 nitrogen and oxygen atoms in total. The molecule has 0 radical (unpaired) electrons. The summed E-state index contributed by atoms with van der Waals surface area (Å²) < 4.78 is 15.0. The van der Waals surface area contributed by atoms with Crippen LogP contribution in [0, 0.1) is 12.7 Å². The molecule has 2 N–H and O–H groups in total. The van der Waals surface area contributed by atoms with E-state index in [0.717, 1.165) is 25.2 Å². The van der Waals surface area contributed by atoms with Gasteiger partial charge in [0.1, 0.15) is 16.9 Å². The van der Waals surface area contributed by atoms with Crippen molar-refractivity contribution in [2.24, 2.45) is 0 Å². The Labute approximate surface area is 179 Å². The number of rotatable bonds is 5. The minimum Gasteiger partial charge on any atom is -0.369 e. The fourth-order valence-electron chi connectivity index (χ4n) is 3.96. The van der Waals surface area contributed by atoms with E-state index >= 15 is 0 Å². The van der Waals surface area contributed by atoms with Gasteiger partial charge in [-0.05, 0) is 31.5 Å². The van der Waals surface area contributed by atoms with Gasteiger partial charge in [0.2, 0.25) is 0 Å². The third-order valence-electron chi connectivity index (χ3n) is 5.86. The fraction of sp³-hybridized carbons (Fsp3) is 0.364. The zero-order valence-corrected chi connectivity index (χ0v) is 17.8. The molecule has 9 heteroatoms. The second-order valence-electron chi connectivity index (χ2n) is 7.85. The number of hydrogen-bond donors (Lipinski definition) is 2. The Balaban J connectivity index is 1.45. The molecule has 3 heterocycles. The molecule has 0 bridgehead atoms. The Morgan fingerprint density at radius 3 is 2.87 bits per heavy atom. The van der Waals surface area contributed by atoms with Gasteiger partial charge >= 0.3 is 0 Å². The molecule has 1 amide bonds.